The zero-order chi connectivity index (χ0) is 12.7. The third-order valence-electron chi connectivity index (χ3n) is 3.46. The molecule has 5 heteroatoms. The summed E-state index contributed by atoms with van der Waals surface area (Å²) in [6.07, 6.45) is 0.463. The second-order valence-electron chi connectivity index (χ2n) is 4.80. The van der Waals surface area contributed by atoms with Gasteiger partial charge in [-0.25, -0.2) is 8.42 Å². The lowest BCUT2D eigenvalue weighted by atomic mass is 9.82. The van der Waals surface area contributed by atoms with E-state index in [-0.39, 0.29) is 23.2 Å². The molecule has 1 aliphatic rings. The number of rotatable bonds is 2. The van der Waals surface area contributed by atoms with E-state index in [1.165, 1.54) is 12.1 Å². The Balaban J connectivity index is 2.31. The number of sulfone groups is 1. The van der Waals surface area contributed by atoms with Gasteiger partial charge in [0.25, 0.3) is 0 Å². The lowest BCUT2D eigenvalue weighted by Gasteiger charge is -2.29. The molecule has 0 saturated carbocycles. The lowest BCUT2D eigenvalue weighted by Crippen LogP contribution is -2.32. The summed E-state index contributed by atoms with van der Waals surface area (Å²) in [5.74, 6) is -0.0969. The van der Waals surface area contributed by atoms with Gasteiger partial charge in [0, 0.05) is 5.92 Å². The molecular weight excluding hydrogens is 240 g/mol. The van der Waals surface area contributed by atoms with Crippen molar-refractivity contribution in [3.8, 4) is 5.75 Å². The number of aliphatic hydroxyl groups is 1. The average Bonchev–Trinajstić information content (AvgIpc) is 2.59. The van der Waals surface area contributed by atoms with Gasteiger partial charge in [-0.05, 0) is 31.0 Å². The molecule has 2 atom stereocenters. The van der Waals surface area contributed by atoms with E-state index in [2.05, 4.69) is 0 Å². The number of phenols is 1. The maximum absolute atomic E-state index is 11.4. The highest BCUT2D eigenvalue weighted by Gasteiger charge is 2.41. The number of benzene rings is 1. The summed E-state index contributed by atoms with van der Waals surface area (Å²) in [7, 11) is -3.02. The molecule has 0 bridgehead atoms. The van der Waals surface area contributed by atoms with Crippen LogP contribution in [-0.2, 0) is 15.4 Å². The first-order valence-corrected chi connectivity index (χ1v) is 7.36. The van der Waals surface area contributed by atoms with Crippen molar-refractivity contribution in [3.05, 3.63) is 29.8 Å². The van der Waals surface area contributed by atoms with Crippen LogP contribution in [0.3, 0.4) is 0 Å². The summed E-state index contributed by atoms with van der Waals surface area (Å²) >= 11 is 0. The van der Waals surface area contributed by atoms with Gasteiger partial charge in [0.15, 0.2) is 9.84 Å². The number of hydrogen-bond donors (Lipinski definition) is 2. The molecule has 94 valence electrons. The Morgan fingerprint density at radius 2 is 2.12 bits per heavy atom. The minimum absolute atomic E-state index is 0.00958. The van der Waals surface area contributed by atoms with Crippen molar-refractivity contribution in [3.63, 3.8) is 0 Å². The van der Waals surface area contributed by atoms with Crippen molar-refractivity contribution in [2.24, 2.45) is 5.92 Å². The predicted molar refractivity (Wildman–Crippen MR) is 64.4 cm³/mol. The van der Waals surface area contributed by atoms with Crippen LogP contribution in [0.1, 0.15) is 18.9 Å². The van der Waals surface area contributed by atoms with Crippen LogP contribution in [-0.4, -0.2) is 30.1 Å². The Bertz CT molecular complexity index is 519. The first-order chi connectivity index (χ1) is 7.81. The van der Waals surface area contributed by atoms with Crippen LogP contribution in [0.5, 0.6) is 5.75 Å². The molecule has 1 aliphatic heterocycles. The van der Waals surface area contributed by atoms with Gasteiger partial charge < -0.3 is 10.2 Å². The molecule has 1 aromatic rings. The molecule has 1 saturated heterocycles. The third-order valence-corrected chi connectivity index (χ3v) is 5.23. The maximum atomic E-state index is 11.4. The number of hydrogen-bond acceptors (Lipinski definition) is 4. The highest BCUT2D eigenvalue weighted by atomic mass is 32.2. The van der Waals surface area contributed by atoms with Crippen molar-refractivity contribution < 1.29 is 18.6 Å². The van der Waals surface area contributed by atoms with E-state index in [9.17, 15) is 18.6 Å². The topological polar surface area (TPSA) is 74.6 Å². The molecular formula is C12H16O4S. The van der Waals surface area contributed by atoms with E-state index in [4.69, 9.17) is 0 Å². The van der Waals surface area contributed by atoms with Gasteiger partial charge in [-0.15, -0.1) is 0 Å². The maximum Gasteiger partial charge on any atom is 0.150 e. The summed E-state index contributed by atoms with van der Waals surface area (Å²) < 4.78 is 22.9. The van der Waals surface area contributed by atoms with E-state index in [1.807, 2.05) is 0 Å². The minimum atomic E-state index is -3.02. The molecule has 1 heterocycles. The SMILES string of the molecule is CC(O)(c1cccc(O)c1)C1CCS(=O)(=O)C1. The molecule has 2 unspecified atom stereocenters. The molecule has 17 heavy (non-hydrogen) atoms. The van der Waals surface area contributed by atoms with E-state index in [0.717, 1.165) is 0 Å². The molecule has 0 radical (unpaired) electrons. The fraction of sp³-hybridized carbons (Fsp3) is 0.500. The third kappa shape index (κ3) is 2.45. The Morgan fingerprint density at radius 1 is 1.41 bits per heavy atom. The molecule has 2 N–H and O–H groups in total. The summed E-state index contributed by atoms with van der Waals surface area (Å²) in [6, 6.07) is 6.34. The highest BCUT2D eigenvalue weighted by Crippen LogP contribution is 2.37. The van der Waals surface area contributed by atoms with Crippen molar-refractivity contribution in [2.45, 2.75) is 18.9 Å². The molecule has 1 fully saturated rings. The molecule has 0 spiro atoms. The molecule has 2 rings (SSSR count). The first kappa shape index (κ1) is 12.4. The second-order valence-corrected chi connectivity index (χ2v) is 7.03. The highest BCUT2D eigenvalue weighted by molar-refractivity contribution is 7.91. The molecule has 4 nitrogen and oxygen atoms in total. The summed E-state index contributed by atoms with van der Waals surface area (Å²) in [5.41, 5.74) is -0.665. The van der Waals surface area contributed by atoms with Crippen LogP contribution >= 0.6 is 0 Å². The zero-order valence-corrected chi connectivity index (χ0v) is 10.4. The van der Waals surface area contributed by atoms with Crippen LogP contribution in [0.4, 0.5) is 0 Å². The Labute approximate surface area is 101 Å². The molecule has 0 amide bonds. The van der Waals surface area contributed by atoms with Crippen LogP contribution in [0.25, 0.3) is 0 Å². The van der Waals surface area contributed by atoms with Gasteiger partial charge in [0.05, 0.1) is 17.1 Å². The van der Waals surface area contributed by atoms with Crippen LogP contribution in [0.15, 0.2) is 24.3 Å². The van der Waals surface area contributed by atoms with E-state index < -0.39 is 15.4 Å². The minimum Gasteiger partial charge on any atom is -0.508 e. The van der Waals surface area contributed by atoms with Crippen LogP contribution < -0.4 is 0 Å². The molecule has 0 aromatic heterocycles. The van der Waals surface area contributed by atoms with Gasteiger partial charge in [-0.1, -0.05) is 12.1 Å². The quantitative estimate of drug-likeness (QED) is 0.829. The fourth-order valence-electron chi connectivity index (χ4n) is 2.29. The van der Waals surface area contributed by atoms with Gasteiger partial charge in [-0.3, -0.25) is 0 Å². The Hall–Kier alpha value is -1.07. The van der Waals surface area contributed by atoms with E-state index in [0.29, 0.717) is 12.0 Å². The second kappa shape index (κ2) is 3.99. The van der Waals surface area contributed by atoms with E-state index >= 15 is 0 Å². The smallest absolute Gasteiger partial charge is 0.150 e. The van der Waals surface area contributed by atoms with Crippen molar-refractivity contribution >= 4 is 9.84 Å². The summed E-state index contributed by atoms with van der Waals surface area (Å²) in [6.45, 7) is 1.60. The largest absolute Gasteiger partial charge is 0.508 e. The van der Waals surface area contributed by atoms with Gasteiger partial charge in [0.2, 0.25) is 0 Å². The standard InChI is InChI=1S/C12H16O4S/c1-12(14,9-3-2-4-11(13)7-9)10-5-6-17(15,16)8-10/h2-4,7,10,13-14H,5-6,8H2,1H3. The molecule has 0 aliphatic carbocycles. The van der Waals surface area contributed by atoms with Crippen LogP contribution in [0, 0.1) is 5.92 Å². The predicted octanol–water partition coefficient (Wildman–Crippen LogP) is 1.03. The van der Waals surface area contributed by atoms with Crippen molar-refractivity contribution in [1.82, 2.24) is 0 Å². The Morgan fingerprint density at radius 3 is 2.65 bits per heavy atom. The number of phenolic OH excluding ortho intramolecular Hbond substituents is 1. The monoisotopic (exact) mass is 256 g/mol. The normalized spacial score (nSPS) is 26.6. The zero-order valence-electron chi connectivity index (χ0n) is 9.63. The lowest BCUT2D eigenvalue weighted by molar-refractivity contribution is 0.00435. The Kier molecular flexibility index (Phi) is 2.91. The van der Waals surface area contributed by atoms with Crippen molar-refractivity contribution in [1.29, 1.82) is 0 Å². The average molecular weight is 256 g/mol. The van der Waals surface area contributed by atoms with Gasteiger partial charge in [0.1, 0.15) is 5.75 Å². The fourth-order valence-corrected chi connectivity index (χ4v) is 4.21. The molecule has 1 aromatic carbocycles. The summed E-state index contributed by atoms with van der Waals surface area (Å²) in [4.78, 5) is 0. The van der Waals surface area contributed by atoms with Crippen molar-refractivity contribution in [2.75, 3.05) is 11.5 Å². The number of aromatic hydroxyl groups is 1. The first-order valence-electron chi connectivity index (χ1n) is 5.53. The van der Waals surface area contributed by atoms with Gasteiger partial charge in [-0.2, -0.15) is 0 Å². The van der Waals surface area contributed by atoms with Crippen LogP contribution in [0.2, 0.25) is 0 Å². The van der Waals surface area contributed by atoms with Gasteiger partial charge >= 0.3 is 0 Å². The summed E-state index contributed by atoms with van der Waals surface area (Å²) in [5, 5.41) is 19.9. The van der Waals surface area contributed by atoms with E-state index in [1.54, 1.807) is 19.1 Å².